The van der Waals surface area contributed by atoms with Crippen molar-refractivity contribution in [2.45, 2.75) is 276 Å². The number of ether oxygens (including phenoxy) is 1. The van der Waals surface area contributed by atoms with Crippen molar-refractivity contribution in [3.8, 4) is 0 Å². The third kappa shape index (κ3) is 48.8. The molecule has 0 fully saturated rings. The lowest BCUT2D eigenvalue weighted by atomic mass is 10.0. The lowest BCUT2D eigenvalue weighted by Gasteiger charge is -2.19. The zero-order chi connectivity index (χ0) is 45.8. The van der Waals surface area contributed by atoms with Crippen LogP contribution in [-0.2, 0) is 14.3 Å². The van der Waals surface area contributed by atoms with Gasteiger partial charge in [-0.2, -0.15) is 0 Å². The van der Waals surface area contributed by atoms with Crippen molar-refractivity contribution in [3.05, 3.63) is 60.8 Å². The number of carbonyl (C=O) groups excluding carboxylic acids is 2. The molecule has 0 saturated heterocycles. The number of allylic oxidation sites excluding steroid dienone is 9. The van der Waals surface area contributed by atoms with Crippen LogP contribution in [0.1, 0.15) is 264 Å². The molecule has 0 aromatic carbocycles. The summed E-state index contributed by atoms with van der Waals surface area (Å²) in [6.45, 7) is 4.81. The molecule has 0 saturated carbocycles. The number of aliphatic hydroxyl groups excluding tert-OH is 2. The standard InChI is InChI=1S/C57H103NO5/c1-3-5-7-9-11-13-15-17-19-21-22-25-29-33-37-41-45-49-55(60)54(53-59)58-56(61)50-46-42-38-34-30-26-24-28-32-36-40-44-48-52-63-57(62)51-47-43-39-35-31-27-23-20-18-16-14-12-10-8-6-4-2/h14,16,20,23,26,30,38,42,45,49,54-55,59-60H,3-13,15,17-19,21-22,24-25,27-29,31-37,39-41,43-44,46-48,50-53H2,1-2H3,(H,58,61)/b16-14-,23-20-,30-26-,42-38-,49-45+. The van der Waals surface area contributed by atoms with Crippen molar-refractivity contribution >= 4 is 11.9 Å². The number of nitrogens with one attached hydrogen (secondary N) is 1. The van der Waals surface area contributed by atoms with E-state index in [1.54, 1.807) is 6.08 Å². The Bertz CT molecular complexity index is 1110. The molecule has 0 bridgehead atoms. The van der Waals surface area contributed by atoms with E-state index in [4.69, 9.17) is 4.74 Å². The highest BCUT2D eigenvalue weighted by atomic mass is 16.5. The van der Waals surface area contributed by atoms with Gasteiger partial charge in [0, 0.05) is 12.8 Å². The van der Waals surface area contributed by atoms with Gasteiger partial charge in [0.05, 0.1) is 25.4 Å². The van der Waals surface area contributed by atoms with E-state index in [1.165, 1.54) is 167 Å². The third-order valence-electron chi connectivity index (χ3n) is 12.0. The summed E-state index contributed by atoms with van der Waals surface area (Å²) in [4.78, 5) is 24.4. The van der Waals surface area contributed by atoms with Gasteiger partial charge in [0.1, 0.15) is 0 Å². The van der Waals surface area contributed by atoms with Crippen molar-refractivity contribution in [2.24, 2.45) is 0 Å². The average molecular weight is 882 g/mol. The number of esters is 1. The first-order valence-electron chi connectivity index (χ1n) is 27.1. The van der Waals surface area contributed by atoms with Crippen LogP contribution < -0.4 is 5.32 Å². The van der Waals surface area contributed by atoms with E-state index in [9.17, 15) is 19.8 Å². The number of rotatable bonds is 49. The van der Waals surface area contributed by atoms with Crippen molar-refractivity contribution in [2.75, 3.05) is 13.2 Å². The smallest absolute Gasteiger partial charge is 0.305 e. The summed E-state index contributed by atoms with van der Waals surface area (Å²) < 4.78 is 5.45. The Labute approximate surface area is 390 Å². The SMILES string of the molecule is CCCCCC/C=C\C/C=C\CCCCCCCC(=O)OCCCCCCCC/C=C\C/C=C\CCC(=O)NC(CO)C(O)/C=C/CCCCCCCCCCCCCCCCC. The van der Waals surface area contributed by atoms with Crippen LogP contribution in [0.2, 0.25) is 0 Å². The minimum absolute atomic E-state index is 0.0328. The Kier molecular flexibility index (Phi) is 50.2. The minimum Gasteiger partial charge on any atom is -0.466 e. The predicted molar refractivity (Wildman–Crippen MR) is 273 cm³/mol. The van der Waals surface area contributed by atoms with E-state index in [0.717, 1.165) is 64.2 Å². The van der Waals surface area contributed by atoms with Crippen LogP contribution in [0.5, 0.6) is 0 Å². The van der Waals surface area contributed by atoms with Crippen molar-refractivity contribution in [1.82, 2.24) is 5.32 Å². The van der Waals surface area contributed by atoms with Gasteiger partial charge >= 0.3 is 5.97 Å². The normalized spacial score (nSPS) is 13.1. The second-order valence-electron chi connectivity index (χ2n) is 18.2. The van der Waals surface area contributed by atoms with Gasteiger partial charge < -0.3 is 20.3 Å². The molecule has 3 N–H and O–H groups in total. The quantitative estimate of drug-likeness (QED) is 0.0321. The van der Waals surface area contributed by atoms with E-state index in [2.05, 4.69) is 61.7 Å². The number of aliphatic hydroxyl groups is 2. The lowest BCUT2D eigenvalue weighted by molar-refractivity contribution is -0.143. The predicted octanol–water partition coefficient (Wildman–Crippen LogP) is 16.4. The number of hydrogen-bond acceptors (Lipinski definition) is 5. The van der Waals surface area contributed by atoms with Gasteiger partial charge in [0.25, 0.3) is 0 Å². The van der Waals surface area contributed by atoms with Gasteiger partial charge in [-0.3, -0.25) is 9.59 Å². The fourth-order valence-corrected chi connectivity index (χ4v) is 7.83. The summed E-state index contributed by atoms with van der Waals surface area (Å²) >= 11 is 0. The van der Waals surface area contributed by atoms with E-state index in [-0.39, 0.29) is 18.5 Å². The molecule has 0 radical (unpaired) electrons. The maximum absolute atomic E-state index is 12.4. The molecule has 2 unspecified atom stereocenters. The summed E-state index contributed by atoms with van der Waals surface area (Å²) in [6.07, 6.45) is 66.6. The highest BCUT2D eigenvalue weighted by Crippen LogP contribution is 2.15. The number of hydrogen-bond donors (Lipinski definition) is 3. The molecule has 1 amide bonds. The Morgan fingerprint density at radius 2 is 0.810 bits per heavy atom. The molecule has 6 heteroatoms. The highest BCUT2D eigenvalue weighted by molar-refractivity contribution is 5.76. The summed E-state index contributed by atoms with van der Waals surface area (Å²) in [5, 5.41) is 23.0. The lowest BCUT2D eigenvalue weighted by Crippen LogP contribution is -2.45. The van der Waals surface area contributed by atoms with Gasteiger partial charge in [0.15, 0.2) is 0 Å². The zero-order valence-electron chi connectivity index (χ0n) is 41.5. The fourth-order valence-electron chi connectivity index (χ4n) is 7.83. The Hall–Kier alpha value is -2.44. The van der Waals surface area contributed by atoms with Crippen LogP contribution in [0, 0.1) is 0 Å². The maximum Gasteiger partial charge on any atom is 0.305 e. The fraction of sp³-hybridized carbons (Fsp3) is 0.789. The number of unbranched alkanes of at least 4 members (excludes halogenated alkanes) is 30. The molecule has 0 spiro atoms. The molecule has 6 nitrogen and oxygen atoms in total. The first-order chi connectivity index (χ1) is 31.0. The molecule has 366 valence electrons. The molecule has 0 aliphatic rings. The van der Waals surface area contributed by atoms with Crippen LogP contribution in [0.25, 0.3) is 0 Å². The largest absolute Gasteiger partial charge is 0.466 e. The van der Waals surface area contributed by atoms with Gasteiger partial charge in [-0.05, 0) is 83.5 Å². The molecule has 0 aromatic heterocycles. The molecule has 0 aliphatic carbocycles. The van der Waals surface area contributed by atoms with E-state index in [0.29, 0.717) is 25.9 Å². The highest BCUT2D eigenvalue weighted by Gasteiger charge is 2.17. The minimum atomic E-state index is -0.881. The first kappa shape index (κ1) is 60.6. The number of amides is 1. The summed E-state index contributed by atoms with van der Waals surface area (Å²) in [5.74, 6) is -0.183. The monoisotopic (exact) mass is 882 g/mol. The van der Waals surface area contributed by atoms with E-state index < -0.39 is 12.1 Å². The molecular weight excluding hydrogens is 779 g/mol. The Morgan fingerprint density at radius 3 is 1.25 bits per heavy atom. The molecule has 2 atom stereocenters. The Balaban J connectivity index is 3.60. The van der Waals surface area contributed by atoms with Crippen LogP contribution in [-0.4, -0.2) is 47.4 Å². The van der Waals surface area contributed by atoms with Crippen molar-refractivity contribution < 1.29 is 24.5 Å². The first-order valence-corrected chi connectivity index (χ1v) is 27.1. The van der Waals surface area contributed by atoms with E-state index >= 15 is 0 Å². The summed E-state index contributed by atoms with van der Waals surface area (Å²) in [6, 6.07) is -0.674. The van der Waals surface area contributed by atoms with Crippen LogP contribution >= 0.6 is 0 Å². The molecular formula is C57H103NO5. The van der Waals surface area contributed by atoms with Gasteiger partial charge in [-0.1, -0.05) is 229 Å². The second kappa shape index (κ2) is 52.2. The second-order valence-corrected chi connectivity index (χ2v) is 18.2. The van der Waals surface area contributed by atoms with Crippen molar-refractivity contribution in [1.29, 1.82) is 0 Å². The molecule has 0 aliphatic heterocycles. The molecule has 0 rings (SSSR count). The van der Waals surface area contributed by atoms with Gasteiger partial charge in [-0.25, -0.2) is 0 Å². The van der Waals surface area contributed by atoms with Crippen LogP contribution in [0.3, 0.4) is 0 Å². The number of carbonyl (C=O) groups is 2. The molecule has 0 heterocycles. The van der Waals surface area contributed by atoms with Gasteiger partial charge in [-0.15, -0.1) is 0 Å². The van der Waals surface area contributed by atoms with E-state index in [1.807, 2.05) is 12.2 Å². The van der Waals surface area contributed by atoms with Crippen molar-refractivity contribution in [3.63, 3.8) is 0 Å². The summed E-state index contributed by atoms with van der Waals surface area (Å²) in [7, 11) is 0. The Morgan fingerprint density at radius 1 is 0.444 bits per heavy atom. The topological polar surface area (TPSA) is 95.9 Å². The van der Waals surface area contributed by atoms with Gasteiger partial charge in [0.2, 0.25) is 5.91 Å². The molecule has 63 heavy (non-hydrogen) atoms. The van der Waals surface area contributed by atoms with Crippen LogP contribution in [0.4, 0.5) is 0 Å². The molecule has 0 aromatic rings. The van der Waals surface area contributed by atoms with Crippen LogP contribution in [0.15, 0.2) is 60.8 Å². The third-order valence-corrected chi connectivity index (χ3v) is 12.0. The maximum atomic E-state index is 12.4. The summed E-state index contributed by atoms with van der Waals surface area (Å²) in [5.41, 5.74) is 0. The zero-order valence-corrected chi connectivity index (χ0v) is 41.5. The average Bonchev–Trinajstić information content (AvgIpc) is 3.28.